The minimum Gasteiger partial charge on any atom is -0.356 e. The van der Waals surface area contributed by atoms with Crippen LogP contribution in [0.4, 0.5) is 5.95 Å². The van der Waals surface area contributed by atoms with Gasteiger partial charge in [-0.1, -0.05) is 29.8 Å². The molecule has 3 heteroatoms. The fourth-order valence-electron chi connectivity index (χ4n) is 1.86. The number of hydrogen-bond donors (Lipinski definition) is 1. The van der Waals surface area contributed by atoms with E-state index in [9.17, 15) is 0 Å². The van der Waals surface area contributed by atoms with Crippen LogP contribution in [0.1, 0.15) is 23.7 Å². The SMILES string of the molecule is CCNc1nc(C)cn1Cc1ccc(C)cc1. The maximum Gasteiger partial charge on any atom is 0.203 e. The molecule has 1 N–H and O–H groups in total. The molecule has 3 nitrogen and oxygen atoms in total. The van der Waals surface area contributed by atoms with Crippen molar-refractivity contribution < 1.29 is 0 Å². The van der Waals surface area contributed by atoms with Gasteiger partial charge in [0.25, 0.3) is 0 Å². The van der Waals surface area contributed by atoms with Gasteiger partial charge in [0.05, 0.1) is 12.2 Å². The van der Waals surface area contributed by atoms with Crippen molar-refractivity contribution in [2.45, 2.75) is 27.3 Å². The molecule has 90 valence electrons. The number of rotatable bonds is 4. The van der Waals surface area contributed by atoms with Crippen LogP contribution in [-0.2, 0) is 6.54 Å². The van der Waals surface area contributed by atoms with Gasteiger partial charge in [0.2, 0.25) is 5.95 Å². The van der Waals surface area contributed by atoms with E-state index in [0.29, 0.717) is 0 Å². The van der Waals surface area contributed by atoms with Crippen LogP contribution in [-0.4, -0.2) is 16.1 Å². The molecule has 0 saturated carbocycles. The van der Waals surface area contributed by atoms with Crippen LogP contribution >= 0.6 is 0 Å². The fourth-order valence-corrected chi connectivity index (χ4v) is 1.86. The fraction of sp³-hybridized carbons (Fsp3) is 0.357. The van der Waals surface area contributed by atoms with Gasteiger partial charge >= 0.3 is 0 Å². The van der Waals surface area contributed by atoms with Crippen LogP contribution in [0.3, 0.4) is 0 Å². The highest BCUT2D eigenvalue weighted by Crippen LogP contribution is 2.12. The summed E-state index contributed by atoms with van der Waals surface area (Å²) in [4.78, 5) is 4.47. The summed E-state index contributed by atoms with van der Waals surface area (Å²) in [6.07, 6.45) is 2.08. The van der Waals surface area contributed by atoms with Crippen molar-refractivity contribution in [3.05, 3.63) is 47.3 Å². The van der Waals surface area contributed by atoms with Crippen molar-refractivity contribution in [1.82, 2.24) is 9.55 Å². The van der Waals surface area contributed by atoms with Gasteiger partial charge in [-0.05, 0) is 26.3 Å². The second-order valence-electron chi connectivity index (χ2n) is 4.35. The largest absolute Gasteiger partial charge is 0.356 e. The number of aryl methyl sites for hydroxylation is 2. The first-order chi connectivity index (χ1) is 8.19. The Morgan fingerprint density at radius 1 is 1.18 bits per heavy atom. The van der Waals surface area contributed by atoms with E-state index in [1.54, 1.807) is 0 Å². The van der Waals surface area contributed by atoms with Crippen LogP contribution in [0.15, 0.2) is 30.5 Å². The Morgan fingerprint density at radius 3 is 2.53 bits per heavy atom. The molecule has 0 aliphatic heterocycles. The standard InChI is InChI=1S/C14H19N3/c1-4-15-14-16-12(3)9-17(14)10-13-7-5-11(2)6-8-13/h5-9H,4,10H2,1-3H3,(H,15,16). The molecule has 0 atom stereocenters. The Balaban J connectivity index is 2.20. The van der Waals surface area contributed by atoms with Crippen LogP contribution in [0.25, 0.3) is 0 Å². The normalized spacial score (nSPS) is 10.5. The highest BCUT2D eigenvalue weighted by atomic mass is 15.2. The summed E-state index contributed by atoms with van der Waals surface area (Å²) in [5.74, 6) is 0.950. The van der Waals surface area contributed by atoms with Crippen LogP contribution < -0.4 is 5.32 Å². The first kappa shape index (κ1) is 11.7. The van der Waals surface area contributed by atoms with Gasteiger partial charge in [-0.25, -0.2) is 4.98 Å². The smallest absolute Gasteiger partial charge is 0.203 e. The number of aromatic nitrogens is 2. The van der Waals surface area contributed by atoms with Gasteiger partial charge in [0, 0.05) is 12.7 Å². The predicted molar refractivity (Wildman–Crippen MR) is 71.4 cm³/mol. The minimum absolute atomic E-state index is 0.865. The van der Waals surface area contributed by atoms with E-state index >= 15 is 0 Å². The molecule has 1 aromatic carbocycles. The average Bonchev–Trinajstić information content (AvgIpc) is 2.63. The number of imidazole rings is 1. The third-order valence-corrected chi connectivity index (χ3v) is 2.71. The average molecular weight is 229 g/mol. The van der Waals surface area contributed by atoms with Crippen molar-refractivity contribution in [3.63, 3.8) is 0 Å². The van der Waals surface area contributed by atoms with Gasteiger partial charge < -0.3 is 9.88 Å². The topological polar surface area (TPSA) is 29.9 Å². The zero-order valence-corrected chi connectivity index (χ0v) is 10.7. The summed E-state index contributed by atoms with van der Waals surface area (Å²) in [6, 6.07) is 8.62. The lowest BCUT2D eigenvalue weighted by Gasteiger charge is -2.08. The molecule has 2 aromatic rings. The molecule has 0 unspecified atom stereocenters. The molecular weight excluding hydrogens is 210 g/mol. The van der Waals surface area contributed by atoms with Gasteiger partial charge in [0.15, 0.2) is 0 Å². The number of hydrogen-bond acceptors (Lipinski definition) is 2. The maximum absolute atomic E-state index is 4.47. The third kappa shape index (κ3) is 2.87. The van der Waals surface area contributed by atoms with E-state index in [2.05, 4.69) is 59.2 Å². The Hall–Kier alpha value is -1.77. The maximum atomic E-state index is 4.47. The second-order valence-corrected chi connectivity index (χ2v) is 4.35. The van der Waals surface area contributed by atoms with Gasteiger partial charge in [-0.2, -0.15) is 0 Å². The van der Waals surface area contributed by atoms with Crippen molar-refractivity contribution >= 4 is 5.95 Å². The molecule has 0 radical (unpaired) electrons. The monoisotopic (exact) mass is 229 g/mol. The summed E-state index contributed by atoms with van der Waals surface area (Å²) in [6.45, 7) is 7.97. The zero-order chi connectivity index (χ0) is 12.3. The number of anilines is 1. The van der Waals surface area contributed by atoms with Gasteiger partial charge in [-0.3, -0.25) is 0 Å². The summed E-state index contributed by atoms with van der Waals surface area (Å²) < 4.78 is 2.16. The summed E-state index contributed by atoms with van der Waals surface area (Å²) in [7, 11) is 0. The van der Waals surface area contributed by atoms with E-state index in [0.717, 1.165) is 24.7 Å². The predicted octanol–water partition coefficient (Wildman–Crippen LogP) is 2.98. The summed E-state index contributed by atoms with van der Waals surface area (Å²) in [5.41, 5.74) is 3.64. The molecule has 2 rings (SSSR count). The lowest BCUT2D eigenvalue weighted by molar-refractivity contribution is 0.799. The zero-order valence-electron chi connectivity index (χ0n) is 10.7. The van der Waals surface area contributed by atoms with Crippen molar-refractivity contribution in [2.75, 3.05) is 11.9 Å². The first-order valence-electron chi connectivity index (χ1n) is 6.02. The molecular formula is C14H19N3. The number of nitrogens with one attached hydrogen (secondary N) is 1. The lowest BCUT2D eigenvalue weighted by atomic mass is 10.1. The second kappa shape index (κ2) is 5.04. The minimum atomic E-state index is 0.865. The van der Waals surface area contributed by atoms with Gasteiger partial charge in [-0.15, -0.1) is 0 Å². The van der Waals surface area contributed by atoms with Gasteiger partial charge in [0.1, 0.15) is 0 Å². The molecule has 1 heterocycles. The molecule has 0 amide bonds. The highest BCUT2D eigenvalue weighted by molar-refractivity contribution is 5.31. The molecule has 0 fully saturated rings. The molecule has 1 aromatic heterocycles. The van der Waals surface area contributed by atoms with Crippen molar-refractivity contribution in [2.24, 2.45) is 0 Å². The van der Waals surface area contributed by atoms with E-state index in [1.807, 2.05) is 6.92 Å². The summed E-state index contributed by atoms with van der Waals surface area (Å²) in [5, 5.41) is 3.28. The molecule has 0 aliphatic rings. The number of benzene rings is 1. The molecule has 0 spiro atoms. The summed E-state index contributed by atoms with van der Waals surface area (Å²) >= 11 is 0. The van der Waals surface area contributed by atoms with E-state index in [1.165, 1.54) is 11.1 Å². The third-order valence-electron chi connectivity index (χ3n) is 2.71. The molecule has 0 saturated heterocycles. The lowest BCUT2D eigenvalue weighted by Crippen LogP contribution is -2.07. The number of nitrogens with zero attached hydrogens (tertiary/aromatic N) is 2. The van der Waals surface area contributed by atoms with E-state index in [4.69, 9.17) is 0 Å². The molecule has 0 bridgehead atoms. The molecule has 17 heavy (non-hydrogen) atoms. The Labute approximate surface area is 103 Å². The first-order valence-corrected chi connectivity index (χ1v) is 6.02. The van der Waals surface area contributed by atoms with Crippen LogP contribution in [0.2, 0.25) is 0 Å². The van der Waals surface area contributed by atoms with E-state index in [-0.39, 0.29) is 0 Å². The Morgan fingerprint density at radius 2 is 1.88 bits per heavy atom. The highest BCUT2D eigenvalue weighted by Gasteiger charge is 2.04. The van der Waals surface area contributed by atoms with E-state index < -0.39 is 0 Å². The Bertz CT molecular complexity index is 483. The van der Waals surface area contributed by atoms with Crippen LogP contribution in [0, 0.1) is 13.8 Å². The Kier molecular flexibility index (Phi) is 3.47. The molecule has 0 aliphatic carbocycles. The van der Waals surface area contributed by atoms with Crippen LogP contribution in [0.5, 0.6) is 0 Å². The van der Waals surface area contributed by atoms with Crippen molar-refractivity contribution in [3.8, 4) is 0 Å². The quantitative estimate of drug-likeness (QED) is 0.873. The van der Waals surface area contributed by atoms with Crippen molar-refractivity contribution in [1.29, 1.82) is 0 Å².